The summed E-state index contributed by atoms with van der Waals surface area (Å²) in [5.41, 5.74) is 2.69. The molecule has 1 aliphatic heterocycles. The zero-order valence-corrected chi connectivity index (χ0v) is 17.2. The van der Waals surface area contributed by atoms with E-state index in [9.17, 15) is 13.2 Å². The zero-order valence-electron chi connectivity index (χ0n) is 16.4. The van der Waals surface area contributed by atoms with Gasteiger partial charge in [0.2, 0.25) is 0 Å². The lowest BCUT2D eigenvalue weighted by Crippen LogP contribution is -2.40. The van der Waals surface area contributed by atoms with Crippen LogP contribution in [-0.4, -0.2) is 43.4 Å². The van der Waals surface area contributed by atoms with Gasteiger partial charge in [0.1, 0.15) is 5.75 Å². The first-order valence-corrected chi connectivity index (χ1v) is 11.6. The smallest absolute Gasteiger partial charge is 0.258 e. The average Bonchev–Trinajstić information content (AvgIpc) is 3.06. The summed E-state index contributed by atoms with van der Waals surface area (Å²) >= 11 is 0. The second-order valence-electron chi connectivity index (χ2n) is 7.09. The molecule has 1 amide bonds. The number of hydrogen-bond donors (Lipinski definition) is 0. The summed E-state index contributed by atoms with van der Waals surface area (Å²) in [6, 6.07) is 15.0. The van der Waals surface area contributed by atoms with Crippen molar-refractivity contribution < 1.29 is 17.9 Å². The maximum Gasteiger partial charge on any atom is 0.258 e. The van der Waals surface area contributed by atoms with Crippen LogP contribution in [0.5, 0.6) is 5.75 Å². The Morgan fingerprint density at radius 2 is 1.75 bits per heavy atom. The number of hydrogen-bond acceptors (Lipinski definition) is 4. The zero-order chi connectivity index (χ0) is 20.1. The molecule has 1 saturated heterocycles. The van der Waals surface area contributed by atoms with Crippen molar-refractivity contribution >= 4 is 15.7 Å². The molecule has 1 fully saturated rings. The lowest BCUT2D eigenvalue weighted by molar-refractivity contribution is 0.0676. The summed E-state index contributed by atoms with van der Waals surface area (Å²) in [5.74, 6) is 0.485. The first kappa shape index (κ1) is 20.4. The molecule has 0 radical (unpaired) electrons. The third kappa shape index (κ3) is 4.73. The Morgan fingerprint density at radius 1 is 1.07 bits per heavy atom. The molecular formula is C22H27NO4S. The first-order valence-electron chi connectivity index (χ1n) is 9.74. The van der Waals surface area contributed by atoms with Crippen molar-refractivity contribution in [1.29, 1.82) is 0 Å². The molecule has 6 heteroatoms. The van der Waals surface area contributed by atoms with E-state index in [1.807, 2.05) is 25.1 Å². The minimum Gasteiger partial charge on any atom is -0.493 e. The molecule has 0 bridgehead atoms. The normalized spacial score (nSPS) is 18.0. The minimum absolute atomic E-state index is 0.0165. The van der Waals surface area contributed by atoms with E-state index < -0.39 is 9.84 Å². The summed E-state index contributed by atoms with van der Waals surface area (Å²) in [6.07, 6.45) is 1.42. The van der Waals surface area contributed by atoms with Crippen LogP contribution in [0.25, 0.3) is 0 Å². The van der Waals surface area contributed by atoms with Gasteiger partial charge in [-0.3, -0.25) is 4.79 Å². The van der Waals surface area contributed by atoms with Crippen LogP contribution in [0.2, 0.25) is 0 Å². The molecule has 150 valence electrons. The van der Waals surface area contributed by atoms with Crippen molar-refractivity contribution in [3.63, 3.8) is 0 Å². The molecule has 0 N–H and O–H groups in total. The SMILES string of the molecule is CCOc1ccccc1C(=O)N(Cc1ccc(CC)cc1)[C@H]1CCS(=O)(=O)C1. The Bertz CT molecular complexity index is 922. The first-order chi connectivity index (χ1) is 13.4. The van der Waals surface area contributed by atoms with E-state index in [0.717, 1.165) is 12.0 Å². The van der Waals surface area contributed by atoms with Gasteiger partial charge in [-0.2, -0.15) is 0 Å². The quantitative estimate of drug-likeness (QED) is 0.713. The second-order valence-corrected chi connectivity index (χ2v) is 9.32. The van der Waals surface area contributed by atoms with E-state index in [2.05, 4.69) is 19.1 Å². The van der Waals surface area contributed by atoms with Crippen molar-refractivity contribution in [3.05, 3.63) is 65.2 Å². The van der Waals surface area contributed by atoms with Crippen molar-refractivity contribution in [2.45, 2.75) is 39.3 Å². The molecule has 0 aliphatic carbocycles. The third-order valence-corrected chi connectivity index (χ3v) is 6.86. The molecule has 0 spiro atoms. The highest BCUT2D eigenvalue weighted by Gasteiger charge is 2.35. The van der Waals surface area contributed by atoms with Crippen LogP contribution >= 0.6 is 0 Å². The average molecular weight is 402 g/mol. The third-order valence-electron chi connectivity index (χ3n) is 5.11. The topological polar surface area (TPSA) is 63.7 Å². The van der Waals surface area contributed by atoms with Crippen LogP contribution in [0, 0.1) is 0 Å². The van der Waals surface area contributed by atoms with Crippen molar-refractivity contribution in [1.82, 2.24) is 4.90 Å². The Labute approximate surface area is 167 Å². The van der Waals surface area contributed by atoms with E-state index in [1.165, 1.54) is 5.56 Å². The predicted molar refractivity (Wildman–Crippen MR) is 110 cm³/mol. The lowest BCUT2D eigenvalue weighted by atomic mass is 10.1. The molecule has 1 heterocycles. The number of benzene rings is 2. The number of carbonyl (C=O) groups excluding carboxylic acids is 1. The standard InChI is InChI=1S/C22H27NO4S/c1-3-17-9-11-18(12-10-17)15-23(19-13-14-28(25,26)16-19)22(24)20-7-5-6-8-21(20)27-4-2/h5-12,19H,3-4,13-16H2,1-2H3/t19-/m0/s1. The Hall–Kier alpha value is -2.34. The van der Waals surface area contributed by atoms with Gasteiger partial charge in [-0.25, -0.2) is 8.42 Å². The molecule has 2 aromatic rings. The van der Waals surface area contributed by atoms with Crippen LogP contribution in [0.4, 0.5) is 0 Å². The number of amides is 1. The van der Waals surface area contributed by atoms with Gasteiger partial charge in [0.05, 0.1) is 23.7 Å². The summed E-state index contributed by atoms with van der Waals surface area (Å²) in [4.78, 5) is 15.1. The van der Waals surface area contributed by atoms with Gasteiger partial charge in [-0.1, -0.05) is 43.3 Å². The van der Waals surface area contributed by atoms with Crippen molar-refractivity contribution in [2.75, 3.05) is 18.1 Å². The van der Waals surface area contributed by atoms with E-state index in [1.54, 1.807) is 23.1 Å². The molecule has 0 aromatic heterocycles. The van der Waals surface area contributed by atoms with Crippen molar-refractivity contribution in [2.24, 2.45) is 0 Å². The summed E-state index contributed by atoms with van der Waals surface area (Å²) in [6.45, 7) is 4.81. The Balaban J connectivity index is 1.92. The number of nitrogens with zero attached hydrogens (tertiary/aromatic N) is 1. The molecular weight excluding hydrogens is 374 g/mol. The van der Waals surface area contributed by atoms with E-state index >= 15 is 0 Å². The highest BCUT2D eigenvalue weighted by molar-refractivity contribution is 7.91. The number of rotatable bonds is 7. The monoisotopic (exact) mass is 401 g/mol. The molecule has 28 heavy (non-hydrogen) atoms. The van der Waals surface area contributed by atoms with E-state index in [4.69, 9.17) is 4.74 Å². The van der Waals surface area contributed by atoms with Crippen LogP contribution in [0.3, 0.4) is 0 Å². The fraction of sp³-hybridized carbons (Fsp3) is 0.409. The van der Waals surface area contributed by atoms with E-state index in [0.29, 0.717) is 30.9 Å². The summed E-state index contributed by atoms with van der Waals surface area (Å²) in [7, 11) is -3.10. The van der Waals surface area contributed by atoms with Gasteiger partial charge in [0, 0.05) is 12.6 Å². The number of ether oxygens (including phenoxy) is 1. The fourth-order valence-electron chi connectivity index (χ4n) is 3.54. The highest BCUT2D eigenvalue weighted by Crippen LogP contribution is 2.26. The van der Waals surface area contributed by atoms with E-state index in [-0.39, 0.29) is 23.5 Å². The molecule has 0 unspecified atom stereocenters. The van der Waals surface area contributed by atoms with Gasteiger partial charge >= 0.3 is 0 Å². The van der Waals surface area contributed by atoms with Gasteiger partial charge in [-0.05, 0) is 43.0 Å². The fourth-order valence-corrected chi connectivity index (χ4v) is 5.28. The number of para-hydroxylation sites is 1. The van der Waals surface area contributed by atoms with Crippen LogP contribution in [0.1, 0.15) is 41.8 Å². The van der Waals surface area contributed by atoms with Gasteiger partial charge in [0.15, 0.2) is 9.84 Å². The maximum absolute atomic E-state index is 13.4. The van der Waals surface area contributed by atoms with Gasteiger partial charge < -0.3 is 9.64 Å². The molecule has 1 atom stereocenters. The highest BCUT2D eigenvalue weighted by atomic mass is 32.2. The number of sulfone groups is 1. The molecule has 0 saturated carbocycles. The molecule has 2 aromatic carbocycles. The van der Waals surface area contributed by atoms with Crippen LogP contribution < -0.4 is 4.74 Å². The van der Waals surface area contributed by atoms with Crippen LogP contribution in [-0.2, 0) is 22.8 Å². The van der Waals surface area contributed by atoms with Crippen molar-refractivity contribution in [3.8, 4) is 5.75 Å². The number of aryl methyl sites for hydroxylation is 1. The second kappa shape index (κ2) is 8.78. The maximum atomic E-state index is 13.4. The molecule has 1 aliphatic rings. The van der Waals surface area contributed by atoms with Crippen LogP contribution in [0.15, 0.2) is 48.5 Å². The predicted octanol–water partition coefficient (Wildman–Crippen LogP) is 3.48. The minimum atomic E-state index is -3.10. The largest absolute Gasteiger partial charge is 0.493 e. The summed E-state index contributed by atoms with van der Waals surface area (Å²) in [5, 5.41) is 0. The molecule has 5 nitrogen and oxygen atoms in total. The summed E-state index contributed by atoms with van der Waals surface area (Å²) < 4.78 is 29.7. The Kier molecular flexibility index (Phi) is 6.39. The van der Waals surface area contributed by atoms with Gasteiger partial charge in [0.25, 0.3) is 5.91 Å². The molecule has 3 rings (SSSR count). The number of carbonyl (C=O) groups is 1. The lowest BCUT2D eigenvalue weighted by Gasteiger charge is -2.29. The van der Waals surface area contributed by atoms with Gasteiger partial charge in [-0.15, -0.1) is 0 Å². The Morgan fingerprint density at radius 3 is 2.36 bits per heavy atom.